The van der Waals surface area contributed by atoms with E-state index in [0.717, 1.165) is 21.5 Å². The number of aromatic hydroxyl groups is 1. The van der Waals surface area contributed by atoms with Gasteiger partial charge in [0.05, 0.1) is 17.7 Å². The van der Waals surface area contributed by atoms with E-state index in [4.69, 9.17) is 4.74 Å². The molecule has 2 N–H and O–H groups in total. The van der Waals surface area contributed by atoms with E-state index in [-0.39, 0.29) is 5.75 Å². The molecule has 0 saturated carbocycles. The van der Waals surface area contributed by atoms with E-state index in [1.165, 1.54) is 17.7 Å². The summed E-state index contributed by atoms with van der Waals surface area (Å²) in [4.78, 5) is 11.3. The molecule has 2 heterocycles. The molecule has 0 spiro atoms. The van der Waals surface area contributed by atoms with Crippen LogP contribution >= 0.6 is 11.3 Å². The third-order valence-electron chi connectivity index (χ3n) is 4.67. The van der Waals surface area contributed by atoms with E-state index in [2.05, 4.69) is 20.5 Å². The van der Waals surface area contributed by atoms with Crippen LogP contribution in [0.2, 0.25) is 0 Å². The Kier molecular flexibility index (Phi) is 5.99. The molecule has 0 radical (unpaired) electrons. The van der Waals surface area contributed by atoms with Gasteiger partial charge in [0.1, 0.15) is 22.3 Å². The van der Waals surface area contributed by atoms with Crippen molar-refractivity contribution in [2.24, 2.45) is 5.10 Å². The van der Waals surface area contributed by atoms with Crippen molar-refractivity contribution < 1.29 is 9.84 Å². The van der Waals surface area contributed by atoms with Gasteiger partial charge in [0.15, 0.2) is 11.6 Å². The van der Waals surface area contributed by atoms with Gasteiger partial charge >= 0.3 is 0 Å². The summed E-state index contributed by atoms with van der Waals surface area (Å²) in [6, 6.07) is 15.7. The number of nitrogens with one attached hydrogen (secondary N) is 1. The molecule has 4 rings (SSSR count). The van der Waals surface area contributed by atoms with Gasteiger partial charge in [-0.15, -0.1) is 11.3 Å². The minimum absolute atomic E-state index is 0.112. The highest BCUT2D eigenvalue weighted by atomic mass is 32.1. The highest BCUT2D eigenvalue weighted by molar-refractivity contribution is 7.23. The summed E-state index contributed by atoms with van der Waals surface area (Å²) in [5.74, 6) is 1.36. The molecule has 0 saturated heterocycles. The van der Waals surface area contributed by atoms with E-state index < -0.39 is 0 Å². The smallest absolute Gasteiger partial charge is 0.167 e. The normalized spacial score (nSPS) is 11.2. The topological polar surface area (TPSA) is 82.9 Å². The standard InChI is InChI=1S/C23H23N5O2S/c1-4-30-18-8-6-5-7-17(18)21-20(29)19-22(31-21)23(25-14-24-19)27-26-13-15-9-11-16(12-10-15)28(2)3/h5-14,29H,4H2,1-3H3,(H,24,25,27)/b26-13+. The highest BCUT2D eigenvalue weighted by Crippen LogP contribution is 2.47. The first-order chi connectivity index (χ1) is 15.1. The Bertz CT molecular complexity index is 1220. The summed E-state index contributed by atoms with van der Waals surface area (Å²) in [6.45, 7) is 2.47. The van der Waals surface area contributed by atoms with Crippen molar-refractivity contribution in [3.05, 3.63) is 60.4 Å². The molecule has 158 valence electrons. The molecule has 0 amide bonds. The van der Waals surface area contributed by atoms with Crippen LogP contribution in [0.4, 0.5) is 11.5 Å². The summed E-state index contributed by atoms with van der Waals surface area (Å²) in [7, 11) is 4.00. The van der Waals surface area contributed by atoms with E-state index >= 15 is 0 Å². The van der Waals surface area contributed by atoms with E-state index in [0.29, 0.717) is 28.6 Å². The lowest BCUT2D eigenvalue weighted by molar-refractivity contribution is 0.341. The predicted octanol–water partition coefficient (Wildman–Crippen LogP) is 4.97. The molecule has 0 aliphatic carbocycles. The van der Waals surface area contributed by atoms with Crippen LogP contribution in [0.3, 0.4) is 0 Å². The van der Waals surface area contributed by atoms with Gasteiger partial charge in [-0.2, -0.15) is 5.10 Å². The van der Waals surface area contributed by atoms with Crippen LogP contribution in [0.25, 0.3) is 20.7 Å². The van der Waals surface area contributed by atoms with Crippen molar-refractivity contribution in [3.8, 4) is 21.9 Å². The Balaban J connectivity index is 1.63. The van der Waals surface area contributed by atoms with Crippen molar-refractivity contribution in [1.29, 1.82) is 0 Å². The molecule has 31 heavy (non-hydrogen) atoms. The van der Waals surface area contributed by atoms with Crippen LogP contribution in [0.1, 0.15) is 12.5 Å². The minimum Gasteiger partial charge on any atom is -0.504 e. The van der Waals surface area contributed by atoms with Crippen molar-refractivity contribution >= 4 is 39.3 Å². The molecule has 2 aromatic carbocycles. The summed E-state index contributed by atoms with van der Waals surface area (Å²) in [5.41, 5.74) is 6.37. The zero-order valence-corrected chi connectivity index (χ0v) is 18.3. The molecule has 0 aliphatic rings. The molecule has 7 nitrogen and oxygen atoms in total. The molecule has 8 heteroatoms. The first-order valence-electron chi connectivity index (χ1n) is 9.83. The summed E-state index contributed by atoms with van der Waals surface area (Å²) >= 11 is 1.40. The van der Waals surface area contributed by atoms with Crippen molar-refractivity contribution in [1.82, 2.24) is 9.97 Å². The average molecular weight is 434 g/mol. The average Bonchev–Trinajstić information content (AvgIpc) is 3.12. The van der Waals surface area contributed by atoms with Crippen LogP contribution in [0.5, 0.6) is 11.5 Å². The van der Waals surface area contributed by atoms with Crippen molar-refractivity contribution in [3.63, 3.8) is 0 Å². The molecule has 2 aromatic heterocycles. The Morgan fingerprint density at radius 3 is 2.65 bits per heavy atom. The zero-order chi connectivity index (χ0) is 21.8. The van der Waals surface area contributed by atoms with Gasteiger partial charge in [0.2, 0.25) is 0 Å². The number of thiophene rings is 1. The third kappa shape index (κ3) is 4.29. The highest BCUT2D eigenvalue weighted by Gasteiger charge is 2.19. The first-order valence-corrected chi connectivity index (χ1v) is 10.6. The molecule has 0 unspecified atom stereocenters. The number of rotatable bonds is 7. The number of ether oxygens (including phenoxy) is 1. The number of aromatic nitrogens is 2. The van der Waals surface area contributed by atoms with E-state index in [1.807, 2.05) is 74.4 Å². The van der Waals surface area contributed by atoms with E-state index in [1.54, 1.807) is 6.21 Å². The number of para-hydroxylation sites is 1. The number of anilines is 2. The summed E-state index contributed by atoms with van der Waals surface area (Å²) in [6.07, 6.45) is 3.14. The van der Waals surface area contributed by atoms with Gasteiger partial charge in [-0.05, 0) is 36.8 Å². The maximum atomic E-state index is 10.8. The molecule has 0 bridgehead atoms. The number of hydrazone groups is 1. The molecular weight excluding hydrogens is 410 g/mol. The van der Waals surface area contributed by atoms with Gasteiger partial charge in [-0.3, -0.25) is 5.43 Å². The monoisotopic (exact) mass is 433 g/mol. The largest absolute Gasteiger partial charge is 0.504 e. The van der Waals surface area contributed by atoms with Crippen molar-refractivity contribution in [2.45, 2.75) is 6.92 Å². The number of hydrogen-bond donors (Lipinski definition) is 2. The Labute approximate surface area is 184 Å². The molecule has 0 aliphatic heterocycles. The number of benzene rings is 2. The second-order valence-electron chi connectivity index (χ2n) is 6.96. The molecule has 0 fully saturated rings. The van der Waals surface area contributed by atoms with Crippen LogP contribution in [-0.2, 0) is 0 Å². The van der Waals surface area contributed by atoms with Crippen molar-refractivity contribution in [2.75, 3.05) is 31.0 Å². The van der Waals surface area contributed by atoms with Gasteiger partial charge in [0, 0.05) is 25.3 Å². The second kappa shape index (κ2) is 9.01. The zero-order valence-electron chi connectivity index (χ0n) is 17.5. The predicted molar refractivity (Wildman–Crippen MR) is 128 cm³/mol. The lowest BCUT2D eigenvalue weighted by atomic mass is 10.1. The Morgan fingerprint density at radius 2 is 1.90 bits per heavy atom. The fourth-order valence-corrected chi connectivity index (χ4v) is 4.24. The van der Waals surface area contributed by atoms with Gasteiger partial charge < -0.3 is 14.7 Å². The number of hydrogen-bond acceptors (Lipinski definition) is 8. The third-order valence-corrected chi connectivity index (χ3v) is 5.88. The number of fused-ring (bicyclic) bond motifs is 1. The second-order valence-corrected chi connectivity index (χ2v) is 7.99. The minimum atomic E-state index is 0.112. The van der Waals surface area contributed by atoms with Gasteiger partial charge in [-0.25, -0.2) is 9.97 Å². The van der Waals surface area contributed by atoms with Crippen LogP contribution in [0, 0.1) is 0 Å². The maximum Gasteiger partial charge on any atom is 0.167 e. The van der Waals surface area contributed by atoms with Crippen LogP contribution in [-0.4, -0.2) is 42.0 Å². The quantitative estimate of drug-likeness (QED) is 0.316. The molecule has 0 atom stereocenters. The summed E-state index contributed by atoms with van der Waals surface area (Å²) in [5, 5.41) is 15.1. The van der Waals surface area contributed by atoms with Crippen LogP contribution in [0.15, 0.2) is 60.0 Å². The Hall–Kier alpha value is -3.65. The lowest BCUT2D eigenvalue weighted by Crippen LogP contribution is -2.08. The fraction of sp³-hybridized carbons (Fsp3) is 0.174. The fourth-order valence-electron chi connectivity index (χ4n) is 3.12. The molecule has 4 aromatic rings. The van der Waals surface area contributed by atoms with Gasteiger partial charge in [0.25, 0.3) is 0 Å². The maximum absolute atomic E-state index is 10.8. The number of nitrogens with zero attached hydrogens (tertiary/aromatic N) is 4. The Morgan fingerprint density at radius 1 is 1.13 bits per heavy atom. The van der Waals surface area contributed by atoms with Crippen LogP contribution < -0.4 is 15.1 Å². The van der Waals surface area contributed by atoms with E-state index in [9.17, 15) is 5.11 Å². The first kappa shape index (κ1) is 20.6. The van der Waals surface area contributed by atoms with Gasteiger partial charge in [-0.1, -0.05) is 24.3 Å². The summed E-state index contributed by atoms with van der Waals surface area (Å²) < 4.78 is 6.45. The SMILES string of the molecule is CCOc1ccccc1-c1sc2c(N/N=C/c3ccc(N(C)C)cc3)ncnc2c1O. The molecular formula is C23H23N5O2S. The lowest BCUT2D eigenvalue weighted by Gasteiger charge is -2.11.